The lowest BCUT2D eigenvalue weighted by Gasteiger charge is -2.04. The van der Waals surface area contributed by atoms with E-state index >= 15 is 0 Å². The molecular formula is C15H11BrFN3. The third-order valence-corrected chi connectivity index (χ3v) is 3.41. The van der Waals surface area contributed by atoms with E-state index in [9.17, 15) is 4.39 Å². The maximum absolute atomic E-state index is 13.8. The second kappa shape index (κ2) is 5.54. The molecule has 3 nitrogen and oxygen atoms in total. The van der Waals surface area contributed by atoms with Gasteiger partial charge in [0, 0.05) is 22.4 Å². The number of pyridine rings is 1. The predicted molar refractivity (Wildman–Crippen MR) is 78.7 cm³/mol. The van der Waals surface area contributed by atoms with Gasteiger partial charge in [-0.3, -0.25) is 9.67 Å². The quantitative estimate of drug-likeness (QED) is 0.728. The Morgan fingerprint density at radius 1 is 1.10 bits per heavy atom. The SMILES string of the molecule is Fc1cc(Br)ccc1Cn1ccc(-c2ccccn2)n1. The summed E-state index contributed by atoms with van der Waals surface area (Å²) in [4.78, 5) is 4.24. The smallest absolute Gasteiger partial charge is 0.129 e. The molecule has 3 rings (SSSR count). The first-order chi connectivity index (χ1) is 9.72. The lowest BCUT2D eigenvalue weighted by atomic mass is 10.2. The number of hydrogen-bond acceptors (Lipinski definition) is 2. The van der Waals surface area contributed by atoms with Gasteiger partial charge in [0.05, 0.1) is 12.2 Å². The molecule has 0 aliphatic rings. The highest BCUT2D eigenvalue weighted by Crippen LogP contribution is 2.17. The minimum atomic E-state index is -0.241. The second-order valence-corrected chi connectivity index (χ2v) is 5.26. The Bertz CT molecular complexity index is 725. The van der Waals surface area contributed by atoms with E-state index in [0.29, 0.717) is 12.1 Å². The summed E-state index contributed by atoms with van der Waals surface area (Å²) in [6, 6.07) is 12.6. The summed E-state index contributed by atoms with van der Waals surface area (Å²) in [7, 11) is 0. The number of aromatic nitrogens is 3. The highest BCUT2D eigenvalue weighted by Gasteiger charge is 2.06. The molecule has 100 valence electrons. The topological polar surface area (TPSA) is 30.7 Å². The fourth-order valence-electron chi connectivity index (χ4n) is 1.93. The van der Waals surface area contributed by atoms with Gasteiger partial charge in [-0.15, -0.1) is 0 Å². The van der Waals surface area contributed by atoms with E-state index in [-0.39, 0.29) is 5.82 Å². The summed E-state index contributed by atoms with van der Waals surface area (Å²) >= 11 is 3.25. The fourth-order valence-corrected chi connectivity index (χ4v) is 2.26. The Morgan fingerprint density at radius 2 is 2.00 bits per heavy atom. The van der Waals surface area contributed by atoms with Crippen molar-refractivity contribution in [1.29, 1.82) is 0 Å². The molecule has 20 heavy (non-hydrogen) atoms. The van der Waals surface area contributed by atoms with Crippen molar-refractivity contribution >= 4 is 15.9 Å². The Hall–Kier alpha value is -2.01. The summed E-state index contributed by atoms with van der Waals surface area (Å²) in [5.74, 6) is -0.241. The lowest BCUT2D eigenvalue weighted by Crippen LogP contribution is -2.02. The van der Waals surface area contributed by atoms with Gasteiger partial charge in [0.25, 0.3) is 0 Å². The van der Waals surface area contributed by atoms with Crippen molar-refractivity contribution in [1.82, 2.24) is 14.8 Å². The number of rotatable bonds is 3. The van der Waals surface area contributed by atoms with E-state index in [1.165, 1.54) is 6.07 Å². The molecular weight excluding hydrogens is 321 g/mol. The highest BCUT2D eigenvalue weighted by atomic mass is 79.9. The molecule has 0 fully saturated rings. The van der Waals surface area contributed by atoms with Crippen LogP contribution < -0.4 is 0 Å². The molecule has 0 N–H and O–H groups in total. The van der Waals surface area contributed by atoms with E-state index in [4.69, 9.17) is 0 Å². The van der Waals surface area contributed by atoms with Gasteiger partial charge in [-0.05, 0) is 30.3 Å². The van der Waals surface area contributed by atoms with Gasteiger partial charge in [-0.2, -0.15) is 5.10 Å². The molecule has 0 atom stereocenters. The van der Waals surface area contributed by atoms with Gasteiger partial charge in [-0.25, -0.2) is 4.39 Å². The van der Waals surface area contributed by atoms with Crippen molar-refractivity contribution in [3.63, 3.8) is 0 Å². The number of hydrogen-bond donors (Lipinski definition) is 0. The molecule has 0 amide bonds. The molecule has 2 heterocycles. The van der Waals surface area contributed by atoms with Crippen molar-refractivity contribution in [2.45, 2.75) is 6.54 Å². The first-order valence-corrected chi connectivity index (χ1v) is 6.90. The second-order valence-electron chi connectivity index (χ2n) is 4.35. The molecule has 0 radical (unpaired) electrons. The summed E-state index contributed by atoms with van der Waals surface area (Å²) in [6.07, 6.45) is 3.55. The van der Waals surface area contributed by atoms with Crippen molar-refractivity contribution in [2.24, 2.45) is 0 Å². The van der Waals surface area contributed by atoms with Crippen LogP contribution in [-0.2, 0) is 6.54 Å². The van der Waals surface area contributed by atoms with Crippen LogP contribution in [0.2, 0.25) is 0 Å². The average molecular weight is 332 g/mol. The van der Waals surface area contributed by atoms with Crippen LogP contribution in [0.15, 0.2) is 59.3 Å². The maximum Gasteiger partial charge on any atom is 0.129 e. The van der Waals surface area contributed by atoms with Gasteiger partial charge in [0.15, 0.2) is 0 Å². The first kappa shape index (κ1) is 13.0. The average Bonchev–Trinajstić information content (AvgIpc) is 2.92. The minimum absolute atomic E-state index is 0.241. The van der Waals surface area contributed by atoms with Crippen LogP contribution in [-0.4, -0.2) is 14.8 Å². The number of benzene rings is 1. The molecule has 0 aliphatic heterocycles. The molecule has 0 spiro atoms. The Kier molecular flexibility index (Phi) is 3.60. The molecule has 0 saturated heterocycles. The third kappa shape index (κ3) is 2.77. The van der Waals surface area contributed by atoms with Crippen LogP contribution in [0, 0.1) is 5.82 Å². The van der Waals surface area contributed by atoms with Crippen LogP contribution in [0.25, 0.3) is 11.4 Å². The Balaban J connectivity index is 1.84. The van der Waals surface area contributed by atoms with E-state index in [2.05, 4.69) is 26.0 Å². The number of halogens is 2. The molecule has 0 bridgehead atoms. The largest absolute Gasteiger partial charge is 0.268 e. The molecule has 0 unspecified atom stereocenters. The summed E-state index contributed by atoms with van der Waals surface area (Å²) < 4.78 is 16.2. The van der Waals surface area contributed by atoms with Crippen molar-refractivity contribution < 1.29 is 4.39 Å². The van der Waals surface area contributed by atoms with Crippen LogP contribution in [0.3, 0.4) is 0 Å². The van der Waals surface area contributed by atoms with E-state index in [1.54, 1.807) is 16.9 Å². The van der Waals surface area contributed by atoms with Crippen molar-refractivity contribution in [3.05, 3.63) is 70.7 Å². The molecule has 5 heteroatoms. The zero-order chi connectivity index (χ0) is 13.9. The predicted octanol–water partition coefficient (Wildman–Crippen LogP) is 3.90. The van der Waals surface area contributed by atoms with Gasteiger partial charge in [0.1, 0.15) is 11.5 Å². The Morgan fingerprint density at radius 3 is 2.75 bits per heavy atom. The summed E-state index contributed by atoms with van der Waals surface area (Å²) in [5, 5.41) is 4.42. The zero-order valence-corrected chi connectivity index (χ0v) is 12.1. The normalized spacial score (nSPS) is 10.7. The fraction of sp³-hybridized carbons (Fsp3) is 0.0667. The van der Waals surface area contributed by atoms with Crippen molar-refractivity contribution in [2.75, 3.05) is 0 Å². The van der Waals surface area contributed by atoms with Gasteiger partial charge in [0.2, 0.25) is 0 Å². The summed E-state index contributed by atoms with van der Waals surface area (Å²) in [6.45, 7) is 0.395. The first-order valence-electron chi connectivity index (χ1n) is 6.11. The Labute approximate surface area is 124 Å². The summed E-state index contributed by atoms with van der Waals surface area (Å²) in [5.41, 5.74) is 2.19. The van der Waals surface area contributed by atoms with Crippen molar-refractivity contribution in [3.8, 4) is 11.4 Å². The van der Waals surface area contributed by atoms with Gasteiger partial charge in [-0.1, -0.05) is 28.1 Å². The zero-order valence-electron chi connectivity index (χ0n) is 10.5. The molecule has 2 aromatic heterocycles. The molecule has 0 aliphatic carbocycles. The van der Waals surface area contributed by atoms with Crippen LogP contribution in [0.5, 0.6) is 0 Å². The van der Waals surface area contributed by atoms with Crippen LogP contribution in [0.4, 0.5) is 4.39 Å². The van der Waals surface area contributed by atoms with E-state index in [0.717, 1.165) is 15.9 Å². The maximum atomic E-state index is 13.8. The molecule has 3 aromatic rings. The van der Waals surface area contributed by atoms with E-state index in [1.807, 2.05) is 36.5 Å². The van der Waals surface area contributed by atoms with E-state index < -0.39 is 0 Å². The lowest BCUT2D eigenvalue weighted by molar-refractivity contribution is 0.585. The van der Waals surface area contributed by atoms with Crippen LogP contribution in [0.1, 0.15) is 5.56 Å². The third-order valence-electron chi connectivity index (χ3n) is 2.92. The highest BCUT2D eigenvalue weighted by molar-refractivity contribution is 9.10. The molecule has 0 saturated carbocycles. The number of nitrogens with zero attached hydrogens (tertiary/aromatic N) is 3. The van der Waals surface area contributed by atoms with Gasteiger partial charge >= 0.3 is 0 Å². The van der Waals surface area contributed by atoms with Crippen LogP contribution >= 0.6 is 15.9 Å². The van der Waals surface area contributed by atoms with Gasteiger partial charge < -0.3 is 0 Å². The monoisotopic (exact) mass is 331 g/mol. The molecule has 1 aromatic carbocycles. The minimum Gasteiger partial charge on any atom is -0.268 e. The standard InChI is InChI=1S/C15H11BrFN3/c16-12-5-4-11(13(17)9-12)10-20-8-6-15(19-20)14-3-1-2-7-18-14/h1-9H,10H2.